The van der Waals surface area contributed by atoms with E-state index in [1.54, 1.807) is 0 Å². The van der Waals surface area contributed by atoms with Crippen molar-refractivity contribution in [2.45, 2.75) is 50.5 Å². The van der Waals surface area contributed by atoms with Crippen LogP contribution in [0.4, 0.5) is 0 Å². The van der Waals surface area contributed by atoms with E-state index < -0.39 is 0 Å². The predicted octanol–water partition coefficient (Wildman–Crippen LogP) is 2.64. The summed E-state index contributed by atoms with van der Waals surface area (Å²) in [7, 11) is 0. The van der Waals surface area contributed by atoms with Crippen molar-refractivity contribution in [3.05, 3.63) is 11.6 Å². The highest BCUT2D eigenvalue weighted by Crippen LogP contribution is 2.37. The first-order valence-corrected chi connectivity index (χ1v) is 7.24. The highest BCUT2D eigenvalue weighted by atomic mass is 16.6. The zero-order chi connectivity index (χ0) is 12.4. The molecule has 3 heteroatoms. The third-order valence-corrected chi connectivity index (χ3v) is 4.54. The average molecular weight is 250 g/mol. The van der Waals surface area contributed by atoms with Crippen molar-refractivity contribution in [1.29, 1.82) is 0 Å². The number of ether oxygens (including phenoxy) is 2. The standard InChI is InChI=1S/C15H22O3/c16-14(12-4-2-1-3-5-12)13-6-8-18-15(10-13)7-9-17-11-15/h4,13H,1-3,5-11H2. The third-order valence-electron chi connectivity index (χ3n) is 4.54. The van der Waals surface area contributed by atoms with Crippen LogP contribution < -0.4 is 0 Å². The van der Waals surface area contributed by atoms with Gasteiger partial charge < -0.3 is 9.47 Å². The van der Waals surface area contributed by atoms with Gasteiger partial charge >= 0.3 is 0 Å². The fourth-order valence-corrected chi connectivity index (χ4v) is 3.44. The van der Waals surface area contributed by atoms with Crippen molar-refractivity contribution < 1.29 is 14.3 Å². The number of carbonyl (C=O) groups is 1. The second-order valence-corrected chi connectivity index (χ2v) is 5.86. The lowest BCUT2D eigenvalue weighted by molar-refractivity contribution is -0.134. The maximum Gasteiger partial charge on any atom is 0.161 e. The summed E-state index contributed by atoms with van der Waals surface area (Å²) in [6, 6.07) is 0. The molecule has 1 spiro atoms. The first kappa shape index (κ1) is 12.4. The van der Waals surface area contributed by atoms with E-state index in [1.807, 2.05) is 0 Å². The molecule has 0 saturated carbocycles. The summed E-state index contributed by atoms with van der Waals surface area (Å²) in [5, 5.41) is 0. The molecule has 3 nitrogen and oxygen atoms in total. The Bertz CT molecular complexity index is 353. The second kappa shape index (κ2) is 5.14. The predicted molar refractivity (Wildman–Crippen MR) is 68.4 cm³/mol. The molecule has 0 N–H and O–H groups in total. The van der Waals surface area contributed by atoms with E-state index in [2.05, 4.69) is 6.08 Å². The zero-order valence-electron chi connectivity index (χ0n) is 11.0. The Morgan fingerprint density at radius 2 is 2.28 bits per heavy atom. The van der Waals surface area contributed by atoms with E-state index in [0.29, 0.717) is 19.0 Å². The van der Waals surface area contributed by atoms with Crippen LogP contribution in [0.3, 0.4) is 0 Å². The van der Waals surface area contributed by atoms with Crippen LogP contribution in [0, 0.1) is 5.92 Å². The summed E-state index contributed by atoms with van der Waals surface area (Å²) in [5.41, 5.74) is 0.940. The quantitative estimate of drug-likeness (QED) is 0.755. The summed E-state index contributed by atoms with van der Waals surface area (Å²) < 4.78 is 11.4. The fraction of sp³-hybridized carbons (Fsp3) is 0.800. The molecule has 2 fully saturated rings. The number of rotatable bonds is 2. The van der Waals surface area contributed by atoms with Crippen LogP contribution in [0.15, 0.2) is 11.6 Å². The number of hydrogen-bond acceptors (Lipinski definition) is 3. The van der Waals surface area contributed by atoms with E-state index in [-0.39, 0.29) is 11.5 Å². The topological polar surface area (TPSA) is 35.5 Å². The molecule has 2 aliphatic heterocycles. The Morgan fingerprint density at radius 1 is 1.33 bits per heavy atom. The molecular formula is C15H22O3. The van der Waals surface area contributed by atoms with Gasteiger partial charge in [0.15, 0.2) is 5.78 Å². The van der Waals surface area contributed by atoms with Crippen LogP contribution in [0.25, 0.3) is 0 Å². The van der Waals surface area contributed by atoms with Gasteiger partial charge in [-0.15, -0.1) is 0 Å². The van der Waals surface area contributed by atoms with Gasteiger partial charge in [0.05, 0.1) is 12.2 Å². The molecule has 2 atom stereocenters. The molecule has 18 heavy (non-hydrogen) atoms. The minimum Gasteiger partial charge on any atom is -0.378 e. The second-order valence-electron chi connectivity index (χ2n) is 5.86. The number of hydrogen-bond donors (Lipinski definition) is 0. The van der Waals surface area contributed by atoms with Crippen LogP contribution >= 0.6 is 0 Å². The monoisotopic (exact) mass is 250 g/mol. The maximum absolute atomic E-state index is 12.5. The van der Waals surface area contributed by atoms with Crippen molar-refractivity contribution >= 4 is 5.78 Å². The molecule has 2 unspecified atom stereocenters. The Balaban J connectivity index is 1.68. The van der Waals surface area contributed by atoms with E-state index >= 15 is 0 Å². The smallest absolute Gasteiger partial charge is 0.161 e. The Hall–Kier alpha value is -0.670. The van der Waals surface area contributed by atoms with Gasteiger partial charge in [-0.25, -0.2) is 0 Å². The van der Waals surface area contributed by atoms with E-state index in [1.165, 1.54) is 12.8 Å². The molecule has 0 bridgehead atoms. The lowest BCUT2D eigenvalue weighted by atomic mass is 9.79. The largest absolute Gasteiger partial charge is 0.378 e. The Kier molecular flexibility index (Phi) is 3.53. The minimum absolute atomic E-state index is 0.145. The SMILES string of the molecule is O=C(C1=CCCCC1)C1CCOC2(CCOC2)C1. The van der Waals surface area contributed by atoms with Gasteiger partial charge in [0, 0.05) is 25.6 Å². The summed E-state index contributed by atoms with van der Waals surface area (Å²) in [4.78, 5) is 12.5. The van der Waals surface area contributed by atoms with Gasteiger partial charge in [-0.3, -0.25) is 4.79 Å². The van der Waals surface area contributed by atoms with Crippen LogP contribution in [0.5, 0.6) is 0 Å². The van der Waals surface area contributed by atoms with E-state index in [4.69, 9.17) is 9.47 Å². The summed E-state index contributed by atoms with van der Waals surface area (Å²) in [5.74, 6) is 0.564. The van der Waals surface area contributed by atoms with Crippen molar-refractivity contribution in [3.63, 3.8) is 0 Å². The van der Waals surface area contributed by atoms with Gasteiger partial charge in [-0.1, -0.05) is 6.08 Å². The molecule has 1 aliphatic carbocycles. The van der Waals surface area contributed by atoms with E-state index in [9.17, 15) is 4.79 Å². The molecule has 2 heterocycles. The summed E-state index contributed by atoms with van der Waals surface area (Å²) in [6.07, 6.45) is 9.35. The van der Waals surface area contributed by atoms with Gasteiger partial charge in [-0.2, -0.15) is 0 Å². The lowest BCUT2D eigenvalue weighted by Gasteiger charge is -2.36. The summed E-state index contributed by atoms with van der Waals surface area (Å²) >= 11 is 0. The molecule has 2 saturated heterocycles. The van der Waals surface area contributed by atoms with Crippen LogP contribution in [0.2, 0.25) is 0 Å². The molecule has 100 valence electrons. The lowest BCUT2D eigenvalue weighted by Crippen LogP contribution is -2.42. The van der Waals surface area contributed by atoms with Crippen LogP contribution in [0.1, 0.15) is 44.9 Å². The normalized spacial score (nSPS) is 36.7. The third kappa shape index (κ3) is 2.39. The summed E-state index contributed by atoms with van der Waals surface area (Å²) in [6.45, 7) is 2.17. The first-order chi connectivity index (χ1) is 8.79. The molecule has 0 radical (unpaired) electrons. The molecule has 3 rings (SSSR count). The van der Waals surface area contributed by atoms with Crippen molar-refractivity contribution in [1.82, 2.24) is 0 Å². The number of ketones is 1. The highest BCUT2D eigenvalue weighted by Gasteiger charge is 2.43. The molecule has 3 aliphatic rings. The molecule has 0 aromatic carbocycles. The van der Waals surface area contributed by atoms with E-state index in [0.717, 1.165) is 44.3 Å². The fourth-order valence-electron chi connectivity index (χ4n) is 3.44. The van der Waals surface area contributed by atoms with Crippen molar-refractivity contribution in [3.8, 4) is 0 Å². The molecule has 0 amide bonds. The number of allylic oxidation sites excluding steroid dienone is 2. The Morgan fingerprint density at radius 3 is 3.00 bits per heavy atom. The van der Waals surface area contributed by atoms with Crippen molar-refractivity contribution in [2.75, 3.05) is 19.8 Å². The first-order valence-electron chi connectivity index (χ1n) is 7.24. The number of Topliss-reactive ketones (excluding diaryl/α,β-unsaturated/α-hetero) is 1. The van der Waals surface area contributed by atoms with Gasteiger partial charge in [0.25, 0.3) is 0 Å². The average Bonchev–Trinajstić information content (AvgIpc) is 2.87. The maximum atomic E-state index is 12.5. The highest BCUT2D eigenvalue weighted by molar-refractivity contribution is 5.97. The Labute approximate surface area is 109 Å². The minimum atomic E-state index is -0.145. The zero-order valence-corrected chi connectivity index (χ0v) is 11.0. The number of carbonyl (C=O) groups excluding carboxylic acids is 1. The van der Waals surface area contributed by atoms with Gasteiger partial charge in [0.1, 0.15) is 0 Å². The molecular weight excluding hydrogens is 228 g/mol. The molecule has 0 aromatic rings. The molecule has 0 aromatic heterocycles. The van der Waals surface area contributed by atoms with Gasteiger partial charge in [0.2, 0.25) is 0 Å². The van der Waals surface area contributed by atoms with Crippen LogP contribution in [-0.4, -0.2) is 31.2 Å². The van der Waals surface area contributed by atoms with Gasteiger partial charge in [-0.05, 0) is 44.1 Å². The van der Waals surface area contributed by atoms with Crippen molar-refractivity contribution in [2.24, 2.45) is 5.92 Å². The van der Waals surface area contributed by atoms with Crippen LogP contribution in [-0.2, 0) is 14.3 Å².